The van der Waals surface area contributed by atoms with Gasteiger partial charge in [0.05, 0.1) is 35.8 Å². The number of halogens is 5. The van der Waals surface area contributed by atoms with Gasteiger partial charge in [-0.05, 0) is 13.0 Å². The standard InChI is InChI=1S/C15H14ClFN8O2.C9H10FN5.C6H5Cl2N3O.CH4/c1-18-15(26)12-8(5-10(16)22-23-12)20-14-13(27-3)7(4-11(17)21-14)9-6-19-25(2)24-9;1-5-6(3-8(10)13-9(5)11)7-4-12-15(2)14-7;1-9-6(12)5-3(7)2-4(8)10-11-5;/h4-6H,1-3H3,(H,18,26)(H,20,21,22);3-4H,1-2H3,(H2,11,13);2H,1H3,(H,9,12);1H4. The minimum absolute atomic E-state index is 0. The molecule has 0 unspecified atom stereocenters. The zero-order chi connectivity index (χ0) is 39.7. The Hall–Kier alpha value is -6.19. The number of aromatic nitrogens is 12. The van der Waals surface area contributed by atoms with Crippen molar-refractivity contribution in [2.45, 2.75) is 14.4 Å². The summed E-state index contributed by atoms with van der Waals surface area (Å²) in [4.78, 5) is 33.1. The molecule has 6 heterocycles. The first-order valence-electron chi connectivity index (χ1n) is 15.0. The van der Waals surface area contributed by atoms with Crippen LogP contribution in [0.15, 0.2) is 36.7 Å². The van der Waals surface area contributed by atoms with Crippen molar-refractivity contribution in [3.05, 3.63) is 80.8 Å². The molecule has 0 aliphatic carbocycles. The van der Waals surface area contributed by atoms with Crippen LogP contribution in [0.3, 0.4) is 0 Å². The van der Waals surface area contributed by atoms with Crippen LogP contribution in [0.4, 0.5) is 26.1 Å². The molecule has 0 aliphatic heterocycles. The molecule has 0 saturated heterocycles. The number of carbonyl (C=O) groups excluding carboxylic acids is 2. The number of ether oxygens (including phenoxy) is 1. The fourth-order valence-electron chi connectivity index (χ4n) is 4.28. The number of pyridine rings is 2. The van der Waals surface area contributed by atoms with Crippen LogP contribution in [-0.2, 0) is 14.1 Å². The van der Waals surface area contributed by atoms with Gasteiger partial charge in [-0.15, -0.1) is 20.4 Å². The average molecular weight is 822 g/mol. The maximum absolute atomic E-state index is 14.1. The molecular weight excluding hydrogens is 789 g/mol. The summed E-state index contributed by atoms with van der Waals surface area (Å²) in [6.07, 6.45) is 3.02. The van der Waals surface area contributed by atoms with Crippen molar-refractivity contribution in [3.63, 3.8) is 0 Å². The van der Waals surface area contributed by atoms with Crippen molar-refractivity contribution in [1.29, 1.82) is 0 Å². The minimum Gasteiger partial charge on any atom is -0.492 e. The molecular formula is C31H33Cl3F2N16O3. The van der Waals surface area contributed by atoms with Crippen LogP contribution in [0, 0.1) is 18.8 Å². The van der Waals surface area contributed by atoms with E-state index in [2.05, 4.69) is 66.7 Å². The van der Waals surface area contributed by atoms with Crippen LogP contribution in [0.2, 0.25) is 15.3 Å². The van der Waals surface area contributed by atoms with E-state index in [1.807, 2.05) is 0 Å². The molecule has 6 aromatic heterocycles. The van der Waals surface area contributed by atoms with E-state index in [4.69, 9.17) is 45.3 Å². The lowest BCUT2D eigenvalue weighted by Gasteiger charge is -2.14. The van der Waals surface area contributed by atoms with Gasteiger partial charge in [0.1, 0.15) is 17.2 Å². The number of nitrogen functional groups attached to an aromatic ring is 1. The molecule has 0 bridgehead atoms. The summed E-state index contributed by atoms with van der Waals surface area (Å²) >= 11 is 17.0. The second kappa shape index (κ2) is 19.2. The van der Waals surface area contributed by atoms with E-state index in [1.54, 1.807) is 27.2 Å². The first kappa shape index (κ1) is 43.2. The summed E-state index contributed by atoms with van der Waals surface area (Å²) in [7, 11) is 7.65. The highest BCUT2D eigenvalue weighted by atomic mass is 35.5. The van der Waals surface area contributed by atoms with E-state index < -0.39 is 17.8 Å². The number of carbonyl (C=O) groups is 2. The van der Waals surface area contributed by atoms with E-state index >= 15 is 0 Å². The van der Waals surface area contributed by atoms with E-state index in [9.17, 15) is 18.4 Å². The van der Waals surface area contributed by atoms with Crippen LogP contribution >= 0.6 is 34.8 Å². The van der Waals surface area contributed by atoms with Crippen LogP contribution in [-0.4, -0.2) is 93.4 Å². The van der Waals surface area contributed by atoms with Crippen molar-refractivity contribution in [1.82, 2.24) is 71.0 Å². The van der Waals surface area contributed by atoms with E-state index in [0.717, 1.165) is 0 Å². The van der Waals surface area contributed by atoms with Gasteiger partial charge in [0.25, 0.3) is 11.8 Å². The molecule has 5 N–H and O–H groups in total. The van der Waals surface area contributed by atoms with Crippen molar-refractivity contribution in [3.8, 4) is 28.3 Å². The largest absolute Gasteiger partial charge is 0.492 e. The van der Waals surface area contributed by atoms with Crippen molar-refractivity contribution >= 4 is 63.9 Å². The lowest BCUT2D eigenvalue weighted by atomic mass is 10.1. The Labute approximate surface area is 327 Å². The molecule has 19 nitrogen and oxygen atoms in total. The molecule has 0 spiro atoms. The van der Waals surface area contributed by atoms with Crippen LogP contribution in [0.1, 0.15) is 34.0 Å². The van der Waals surface area contributed by atoms with Gasteiger partial charge in [0.15, 0.2) is 33.3 Å². The number of hydrogen-bond acceptors (Lipinski definition) is 15. The second-order valence-electron chi connectivity index (χ2n) is 10.4. The Morgan fingerprint density at radius 3 is 1.82 bits per heavy atom. The molecule has 6 aromatic rings. The van der Waals surface area contributed by atoms with Gasteiger partial charge < -0.3 is 26.4 Å². The maximum atomic E-state index is 14.1. The SMILES string of the molecule is C.CNC(=O)c1nnc(Cl)cc1Cl.CNC(=O)c1nnc(Cl)cc1Nc1nc(F)cc(-c2cnn(C)n2)c1OC.Cc1c(-c2cnn(C)n2)cc(F)nc1N. The molecule has 290 valence electrons. The van der Waals surface area contributed by atoms with Gasteiger partial charge in [-0.2, -0.15) is 43.8 Å². The fraction of sp³-hybridized carbons (Fsp3) is 0.226. The van der Waals surface area contributed by atoms with Gasteiger partial charge >= 0.3 is 0 Å². The molecule has 24 heteroatoms. The molecule has 55 heavy (non-hydrogen) atoms. The number of anilines is 3. The third-order valence-corrected chi connectivity index (χ3v) is 7.45. The topological polar surface area (TPSA) is 244 Å². The number of nitrogens with two attached hydrogens (primary N) is 1. The third-order valence-electron chi connectivity index (χ3n) is 6.79. The first-order chi connectivity index (χ1) is 25.6. The zero-order valence-corrected chi connectivity index (χ0v) is 31.3. The van der Waals surface area contributed by atoms with Crippen molar-refractivity contribution in [2.75, 3.05) is 32.3 Å². The number of rotatable bonds is 7. The summed E-state index contributed by atoms with van der Waals surface area (Å²) in [5.74, 6) is -1.90. The average Bonchev–Trinajstić information content (AvgIpc) is 3.77. The quantitative estimate of drug-likeness (QED) is 0.164. The van der Waals surface area contributed by atoms with Gasteiger partial charge in [0, 0.05) is 57.5 Å². The van der Waals surface area contributed by atoms with Gasteiger partial charge in [-0.1, -0.05) is 42.2 Å². The fourth-order valence-corrected chi connectivity index (χ4v) is 4.86. The number of methoxy groups -OCH3 is 1. The Morgan fingerprint density at radius 1 is 0.782 bits per heavy atom. The Bertz CT molecular complexity index is 2310. The summed E-state index contributed by atoms with van der Waals surface area (Å²) < 4.78 is 32.6. The van der Waals surface area contributed by atoms with Gasteiger partial charge in [-0.3, -0.25) is 9.59 Å². The third kappa shape index (κ3) is 10.9. The van der Waals surface area contributed by atoms with Crippen LogP contribution < -0.4 is 26.4 Å². The number of nitrogens with one attached hydrogen (secondary N) is 3. The van der Waals surface area contributed by atoms with Crippen molar-refractivity contribution in [2.24, 2.45) is 14.1 Å². The van der Waals surface area contributed by atoms with Crippen LogP contribution in [0.5, 0.6) is 5.75 Å². The summed E-state index contributed by atoms with van der Waals surface area (Å²) in [6.45, 7) is 1.77. The summed E-state index contributed by atoms with van der Waals surface area (Å²) in [5, 5.41) is 38.5. The molecule has 0 aromatic carbocycles. The molecule has 0 radical (unpaired) electrons. The number of hydrogen-bond donors (Lipinski definition) is 4. The summed E-state index contributed by atoms with van der Waals surface area (Å²) in [6, 6.07) is 5.20. The smallest absolute Gasteiger partial charge is 0.273 e. The maximum Gasteiger partial charge on any atom is 0.273 e. The molecule has 0 aliphatic rings. The highest BCUT2D eigenvalue weighted by Crippen LogP contribution is 2.36. The van der Waals surface area contributed by atoms with Crippen LogP contribution in [0.25, 0.3) is 22.5 Å². The molecule has 0 atom stereocenters. The number of aryl methyl sites for hydroxylation is 2. The van der Waals surface area contributed by atoms with E-state index in [-0.39, 0.29) is 63.1 Å². The predicted molar refractivity (Wildman–Crippen MR) is 200 cm³/mol. The monoisotopic (exact) mass is 820 g/mol. The van der Waals surface area contributed by atoms with Gasteiger partial charge in [0.2, 0.25) is 11.9 Å². The number of amides is 2. The van der Waals surface area contributed by atoms with E-state index in [1.165, 1.54) is 61.3 Å². The molecule has 0 fully saturated rings. The Balaban J connectivity index is 0.000000244. The summed E-state index contributed by atoms with van der Waals surface area (Å²) in [5.41, 5.74) is 8.39. The van der Waals surface area contributed by atoms with Crippen molar-refractivity contribution < 1.29 is 23.1 Å². The Kier molecular flexibility index (Phi) is 15.1. The zero-order valence-electron chi connectivity index (χ0n) is 29.0. The first-order valence-corrected chi connectivity index (χ1v) is 16.1. The highest BCUT2D eigenvalue weighted by Gasteiger charge is 2.21. The lowest BCUT2D eigenvalue weighted by molar-refractivity contribution is 0.0949. The predicted octanol–water partition coefficient (Wildman–Crippen LogP) is 4.26. The normalized spacial score (nSPS) is 10.2. The second-order valence-corrected chi connectivity index (χ2v) is 11.6. The molecule has 6 rings (SSSR count). The van der Waals surface area contributed by atoms with Gasteiger partial charge in [-0.25, -0.2) is 4.98 Å². The number of nitrogens with zero attached hydrogens (tertiary/aromatic N) is 12. The van der Waals surface area contributed by atoms with E-state index in [0.29, 0.717) is 28.1 Å². The lowest BCUT2D eigenvalue weighted by Crippen LogP contribution is -2.21. The molecule has 2 amide bonds. The molecule has 0 saturated carbocycles. The Morgan fingerprint density at radius 2 is 1.29 bits per heavy atom. The minimum atomic E-state index is -0.784. The highest BCUT2D eigenvalue weighted by molar-refractivity contribution is 6.35.